The van der Waals surface area contributed by atoms with Crippen molar-refractivity contribution in [1.82, 2.24) is 0 Å². The Kier molecular flexibility index (Phi) is 1.34. The molecule has 3 aliphatic rings. The second kappa shape index (κ2) is 2.11. The van der Waals surface area contributed by atoms with Gasteiger partial charge in [0, 0.05) is 5.92 Å². The van der Waals surface area contributed by atoms with E-state index in [1.807, 2.05) is 0 Å². The van der Waals surface area contributed by atoms with Crippen LogP contribution in [0, 0.1) is 23.7 Å². The molecule has 2 aliphatic carbocycles. The summed E-state index contributed by atoms with van der Waals surface area (Å²) in [4.78, 5) is 0. The fourth-order valence-corrected chi connectivity index (χ4v) is 5.98. The molecule has 0 spiro atoms. The summed E-state index contributed by atoms with van der Waals surface area (Å²) in [6, 6.07) is 0. The van der Waals surface area contributed by atoms with Gasteiger partial charge in [0.2, 0.25) is 0 Å². The van der Waals surface area contributed by atoms with Crippen LogP contribution in [-0.4, -0.2) is 19.8 Å². The zero-order valence-electron chi connectivity index (χ0n) is 7.80. The predicted octanol–water partition coefficient (Wildman–Crippen LogP) is 1.01. The zero-order valence-corrected chi connectivity index (χ0v) is 8.62. The molecule has 3 fully saturated rings. The average molecular weight is 202 g/mol. The average Bonchev–Trinajstić information content (AvgIpc) is 2.54. The van der Waals surface area contributed by atoms with Crippen LogP contribution in [0.4, 0.5) is 0 Å². The molecule has 2 saturated carbocycles. The van der Waals surface area contributed by atoms with Crippen LogP contribution in [0.2, 0.25) is 0 Å². The van der Waals surface area contributed by atoms with E-state index in [0.29, 0.717) is 23.7 Å². The summed E-state index contributed by atoms with van der Waals surface area (Å²) in [5.41, 5.74) is 0. The van der Waals surface area contributed by atoms with E-state index in [1.165, 1.54) is 0 Å². The molecule has 1 heterocycles. The highest BCUT2D eigenvalue weighted by molar-refractivity contribution is 7.87. The Bertz CT molecular complexity index is 348. The minimum Gasteiger partial charge on any atom is -0.266 e. The number of rotatable bonds is 0. The van der Waals surface area contributed by atoms with Crippen LogP contribution in [0.1, 0.15) is 20.3 Å². The minimum absolute atomic E-state index is 0.0104. The molecule has 74 valence electrons. The Balaban J connectivity index is 2.14. The molecule has 3 nitrogen and oxygen atoms in total. The lowest BCUT2D eigenvalue weighted by Gasteiger charge is -2.26. The molecule has 0 amide bonds. The highest BCUT2D eigenvalue weighted by Gasteiger charge is 2.65. The Hall–Kier alpha value is -0.0900. The molecular weight excluding hydrogens is 188 g/mol. The van der Waals surface area contributed by atoms with Crippen molar-refractivity contribution in [3.05, 3.63) is 0 Å². The van der Waals surface area contributed by atoms with Gasteiger partial charge in [-0.3, -0.25) is 4.18 Å². The van der Waals surface area contributed by atoms with Gasteiger partial charge in [0.25, 0.3) is 10.1 Å². The van der Waals surface area contributed by atoms with E-state index in [1.54, 1.807) is 0 Å². The summed E-state index contributed by atoms with van der Waals surface area (Å²) in [6.45, 7) is 4.19. The fraction of sp³-hybridized carbons (Fsp3) is 1.00. The Labute approximate surface area is 78.6 Å². The van der Waals surface area contributed by atoms with Crippen LogP contribution in [0.5, 0.6) is 0 Å². The lowest BCUT2D eigenvalue weighted by molar-refractivity contribution is 0.123. The third-order valence-corrected chi connectivity index (χ3v) is 6.29. The van der Waals surface area contributed by atoms with Crippen molar-refractivity contribution in [3.8, 4) is 0 Å². The highest BCUT2D eigenvalue weighted by Crippen LogP contribution is 2.59. The van der Waals surface area contributed by atoms with Crippen molar-refractivity contribution in [3.63, 3.8) is 0 Å². The van der Waals surface area contributed by atoms with Crippen LogP contribution >= 0.6 is 0 Å². The first kappa shape index (κ1) is 8.24. The molecule has 3 rings (SSSR count). The van der Waals surface area contributed by atoms with E-state index >= 15 is 0 Å². The van der Waals surface area contributed by atoms with Crippen molar-refractivity contribution < 1.29 is 12.6 Å². The van der Waals surface area contributed by atoms with Gasteiger partial charge in [-0.05, 0) is 24.2 Å². The van der Waals surface area contributed by atoms with Crippen LogP contribution in [0.3, 0.4) is 0 Å². The van der Waals surface area contributed by atoms with E-state index in [0.717, 1.165) is 6.42 Å². The molecule has 13 heavy (non-hydrogen) atoms. The summed E-state index contributed by atoms with van der Waals surface area (Å²) in [7, 11) is -3.21. The summed E-state index contributed by atoms with van der Waals surface area (Å²) in [5, 5.41) is -0.182. The largest absolute Gasteiger partial charge is 0.271 e. The molecule has 0 aromatic carbocycles. The second-order valence-electron chi connectivity index (χ2n) is 4.80. The lowest BCUT2D eigenvalue weighted by atomic mass is 9.81. The molecule has 2 bridgehead atoms. The van der Waals surface area contributed by atoms with Crippen molar-refractivity contribution in [1.29, 1.82) is 0 Å². The predicted molar refractivity (Wildman–Crippen MR) is 47.5 cm³/mol. The highest BCUT2D eigenvalue weighted by atomic mass is 32.2. The zero-order chi connectivity index (χ0) is 9.38. The summed E-state index contributed by atoms with van der Waals surface area (Å²) < 4.78 is 28.4. The van der Waals surface area contributed by atoms with Gasteiger partial charge in [-0.2, -0.15) is 8.42 Å². The molecule has 0 aromatic heterocycles. The lowest BCUT2D eigenvalue weighted by Crippen LogP contribution is -2.33. The maximum absolute atomic E-state index is 11.6. The first-order valence-electron chi connectivity index (χ1n) is 4.94. The normalized spacial score (nSPS) is 61.7. The standard InChI is InChI=1S/C9H14O3S/c1-4-6-3-7-8(4)12-13(10,11)9(7)5(6)2/h4-9H,3H2,1-2H3/t4-,5+,6?,7?,8?,9?/m1/s1. The van der Waals surface area contributed by atoms with E-state index < -0.39 is 10.1 Å². The number of hydrogen-bond donors (Lipinski definition) is 0. The molecule has 0 radical (unpaired) electrons. The summed E-state index contributed by atoms with van der Waals surface area (Å²) in [5.74, 6) is 1.63. The van der Waals surface area contributed by atoms with Gasteiger partial charge in [0.05, 0.1) is 11.4 Å². The Morgan fingerprint density at radius 1 is 1.15 bits per heavy atom. The van der Waals surface area contributed by atoms with Gasteiger partial charge in [-0.15, -0.1) is 0 Å². The number of fused-ring (bicyclic) bond motifs is 1. The van der Waals surface area contributed by atoms with Crippen molar-refractivity contribution in [2.75, 3.05) is 0 Å². The molecule has 0 N–H and O–H groups in total. The van der Waals surface area contributed by atoms with Gasteiger partial charge < -0.3 is 0 Å². The SMILES string of the molecule is C[C@H]1C2OS(=O)(=O)C3C2CC1[C@@H]3C. The molecule has 4 unspecified atom stereocenters. The van der Waals surface area contributed by atoms with Gasteiger partial charge in [0.1, 0.15) is 0 Å². The van der Waals surface area contributed by atoms with Crippen LogP contribution < -0.4 is 0 Å². The maximum Gasteiger partial charge on any atom is 0.271 e. The fourth-order valence-electron chi connectivity index (χ4n) is 3.80. The van der Waals surface area contributed by atoms with Crippen molar-refractivity contribution >= 4 is 10.1 Å². The van der Waals surface area contributed by atoms with Gasteiger partial charge in [-0.1, -0.05) is 13.8 Å². The van der Waals surface area contributed by atoms with Gasteiger partial charge >= 0.3 is 0 Å². The van der Waals surface area contributed by atoms with E-state index in [-0.39, 0.29) is 11.4 Å². The molecule has 0 aromatic rings. The molecule has 1 saturated heterocycles. The van der Waals surface area contributed by atoms with Crippen LogP contribution in [-0.2, 0) is 14.3 Å². The van der Waals surface area contributed by atoms with E-state index in [9.17, 15) is 8.42 Å². The smallest absolute Gasteiger partial charge is 0.266 e. The first-order chi connectivity index (χ1) is 6.02. The molecule has 4 heteroatoms. The quantitative estimate of drug-likeness (QED) is 0.550. The first-order valence-corrected chi connectivity index (χ1v) is 6.41. The Morgan fingerprint density at radius 2 is 1.85 bits per heavy atom. The second-order valence-corrected chi connectivity index (χ2v) is 6.52. The van der Waals surface area contributed by atoms with E-state index in [4.69, 9.17) is 4.18 Å². The maximum atomic E-state index is 11.6. The molecule has 6 atom stereocenters. The minimum atomic E-state index is -3.21. The monoisotopic (exact) mass is 202 g/mol. The topological polar surface area (TPSA) is 43.4 Å². The number of hydrogen-bond acceptors (Lipinski definition) is 3. The van der Waals surface area contributed by atoms with Gasteiger partial charge in [-0.25, -0.2) is 0 Å². The van der Waals surface area contributed by atoms with Crippen molar-refractivity contribution in [2.45, 2.75) is 31.6 Å². The third-order valence-electron chi connectivity index (χ3n) is 4.35. The van der Waals surface area contributed by atoms with E-state index in [2.05, 4.69) is 13.8 Å². The summed E-state index contributed by atoms with van der Waals surface area (Å²) >= 11 is 0. The van der Waals surface area contributed by atoms with Gasteiger partial charge in [0.15, 0.2) is 0 Å². The van der Waals surface area contributed by atoms with Crippen LogP contribution in [0.15, 0.2) is 0 Å². The van der Waals surface area contributed by atoms with Crippen LogP contribution in [0.25, 0.3) is 0 Å². The third kappa shape index (κ3) is 0.773. The summed E-state index contributed by atoms with van der Waals surface area (Å²) in [6.07, 6.45) is 1.08. The molecule has 1 aliphatic heterocycles. The van der Waals surface area contributed by atoms with Crippen molar-refractivity contribution in [2.24, 2.45) is 23.7 Å². The Morgan fingerprint density at radius 3 is 2.46 bits per heavy atom. The molecular formula is C9H14O3S.